The van der Waals surface area contributed by atoms with Gasteiger partial charge in [0.05, 0.1) is 36.3 Å². The first-order chi connectivity index (χ1) is 18.8. The van der Waals surface area contributed by atoms with Gasteiger partial charge >= 0.3 is 12.1 Å². The number of benzene rings is 3. The number of hydrogen-bond donors (Lipinski definition) is 4. The third-order valence-corrected chi connectivity index (χ3v) is 5.97. The van der Waals surface area contributed by atoms with Crippen molar-refractivity contribution < 1.29 is 23.5 Å². The maximum Gasteiger partial charge on any atom is 0.419 e. The molecule has 1 amide bonds. The van der Waals surface area contributed by atoms with Gasteiger partial charge in [-0.3, -0.25) is 15.1 Å². The second-order valence-corrected chi connectivity index (χ2v) is 8.64. The molecule has 3 aromatic carbocycles. The lowest BCUT2D eigenvalue weighted by Crippen LogP contribution is -2.36. The van der Waals surface area contributed by atoms with Crippen LogP contribution in [0.1, 0.15) is 30.3 Å². The molecule has 0 bridgehead atoms. The molecule has 210 valence electrons. The number of aromatic amines is 1. The first-order valence-electron chi connectivity index (χ1n) is 12.3. The number of carbonyl (C=O) groups excluding carboxylic acids is 2. The molecule has 0 fully saturated rings. The molecule has 0 saturated heterocycles. The van der Waals surface area contributed by atoms with E-state index in [4.69, 9.17) is 20.6 Å². The highest BCUT2D eigenvalue weighted by Gasteiger charge is 2.23. The number of para-hydroxylation sites is 1. The molecule has 0 atom stereocenters. The molecule has 0 radical (unpaired) electrons. The average Bonchev–Trinajstić information content (AvgIpc) is 3.34. The lowest BCUT2D eigenvalue weighted by Gasteiger charge is -2.22. The molecule has 4 rings (SSSR count). The summed E-state index contributed by atoms with van der Waals surface area (Å²) >= 11 is 0. The lowest BCUT2D eigenvalue weighted by molar-refractivity contribution is -0.142. The van der Waals surface area contributed by atoms with E-state index < -0.39 is 17.9 Å². The number of carbonyl (C=O) groups is 2. The monoisotopic (exact) mass is 568 g/mol. The fourth-order valence-electron chi connectivity index (χ4n) is 3.96. The van der Waals surface area contributed by atoms with Crippen LogP contribution in [0.3, 0.4) is 0 Å². The van der Waals surface area contributed by atoms with Crippen LogP contribution >= 0.6 is 12.4 Å². The van der Waals surface area contributed by atoms with Crippen LogP contribution in [0.2, 0.25) is 0 Å². The van der Waals surface area contributed by atoms with Gasteiger partial charge in [-0.2, -0.15) is 0 Å². The summed E-state index contributed by atoms with van der Waals surface area (Å²) in [5.74, 6) is -0.199. The van der Waals surface area contributed by atoms with Crippen molar-refractivity contribution in [2.24, 2.45) is 5.73 Å². The van der Waals surface area contributed by atoms with Gasteiger partial charge in [-0.25, -0.2) is 14.2 Å². The molecular weight excluding hydrogens is 539 g/mol. The second kappa shape index (κ2) is 13.4. The summed E-state index contributed by atoms with van der Waals surface area (Å²) in [6.07, 6.45) is -0.957. The fraction of sp³-hybridized carbons (Fsp3) is 0.214. The van der Waals surface area contributed by atoms with Crippen molar-refractivity contribution in [3.05, 3.63) is 83.4 Å². The van der Waals surface area contributed by atoms with Crippen LogP contribution in [0, 0.1) is 18.2 Å². The molecule has 40 heavy (non-hydrogen) atoms. The van der Waals surface area contributed by atoms with Crippen molar-refractivity contribution in [1.29, 1.82) is 5.41 Å². The first-order valence-corrected chi connectivity index (χ1v) is 12.3. The number of amides is 1. The van der Waals surface area contributed by atoms with E-state index in [-0.39, 0.29) is 49.3 Å². The summed E-state index contributed by atoms with van der Waals surface area (Å²) in [4.78, 5) is 34.0. The summed E-state index contributed by atoms with van der Waals surface area (Å²) < 4.78 is 25.2. The van der Waals surface area contributed by atoms with Crippen LogP contribution < -0.4 is 20.7 Å². The topological polar surface area (TPSA) is 146 Å². The Kier molecular flexibility index (Phi) is 10.0. The number of imidazole rings is 1. The number of nitrogens with zero attached hydrogens (tertiary/aromatic N) is 2. The largest absolute Gasteiger partial charge is 0.466 e. The van der Waals surface area contributed by atoms with Crippen LogP contribution in [0.25, 0.3) is 11.0 Å². The van der Waals surface area contributed by atoms with Gasteiger partial charge in [0.25, 0.3) is 0 Å². The van der Waals surface area contributed by atoms with Crippen molar-refractivity contribution in [1.82, 2.24) is 9.97 Å². The SMILES string of the molecule is CCOC(=O)CCN(C(=O)Oc1ccc2[nH]c(CNc3ccc(C(=N)N)cc3)nc2c1C)c1ccccc1F.Cl. The van der Waals surface area contributed by atoms with Crippen LogP contribution in [0.4, 0.5) is 20.6 Å². The van der Waals surface area contributed by atoms with Gasteiger partial charge in [0.2, 0.25) is 0 Å². The lowest BCUT2D eigenvalue weighted by atomic mass is 10.2. The minimum Gasteiger partial charge on any atom is -0.466 e. The molecule has 4 aromatic rings. The summed E-state index contributed by atoms with van der Waals surface area (Å²) in [5.41, 5.74) is 8.96. The van der Waals surface area contributed by atoms with E-state index in [9.17, 15) is 14.0 Å². The van der Waals surface area contributed by atoms with Gasteiger partial charge in [-0.05, 0) is 62.4 Å². The summed E-state index contributed by atoms with van der Waals surface area (Å²) in [6, 6.07) is 16.3. The van der Waals surface area contributed by atoms with Crippen molar-refractivity contribution in [2.45, 2.75) is 26.8 Å². The van der Waals surface area contributed by atoms with Gasteiger partial charge < -0.3 is 25.5 Å². The second-order valence-electron chi connectivity index (χ2n) is 8.64. The summed E-state index contributed by atoms with van der Waals surface area (Å²) in [5, 5.41) is 10.7. The van der Waals surface area contributed by atoms with Gasteiger partial charge in [-0.15, -0.1) is 12.4 Å². The Balaban J connectivity index is 0.00000441. The number of amidine groups is 1. The maximum absolute atomic E-state index is 14.6. The van der Waals surface area contributed by atoms with Gasteiger partial charge in [0, 0.05) is 23.4 Å². The summed E-state index contributed by atoms with van der Waals surface area (Å²) in [7, 11) is 0. The Morgan fingerprint density at radius 3 is 2.52 bits per heavy atom. The highest BCUT2D eigenvalue weighted by Crippen LogP contribution is 2.28. The zero-order valence-corrected chi connectivity index (χ0v) is 22.8. The van der Waals surface area contributed by atoms with E-state index >= 15 is 0 Å². The quantitative estimate of drug-likeness (QED) is 0.115. The van der Waals surface area contributed by atoms with Crippen molar-refractivity contribution >= 4 is 52.7 Å². The first kappa shape index (κ1) is 29.9. The number of nitrogens with two attached hydrogens (primary N) is 1. The van der Waals surface area contributed by atoms with Gasteiger partial charge in [0.15, 0.2) is 0 Å². The zero-order chi connectivity index (χ0) is 27.9. The highest BCUT2D eigenvalue weighted by atomic mass is 35.5. The average molecular weight is 569 g/mol. The Labute approximate surface area is 236 Å². The third kappa shape index (κ3) is 7.06. The van der Waals surface area contributed by atoms with E-state index in [1.54, 1.807) is 44.2 Å². The van der Waals surface area contributed by atoms with E-state index in [0.29, 0.717) is 29.0 Å². The number of H-pyrrole nitrogens is 1. The molecule has 12 heteroatoms. The van der Waals surface area contributed by atoms with Crippen LogP contribution in [-0.2, 0) is 16.1 Å². The van der Waals surface area contributed by atoms with Crippen LogP contribution in [-0.4, -0.2) is 41.0 Å². The van der Waals surface area contributed by atoms with Crippen LogP contribution in [0.15, 0.2) is 60.7 Å². The standard InChI is InChI=1S/C28H29FN6O4.ClH/c1-3-38-25(36)14-15-35(22-7-5-4-6-20(22)29)28(37)39-23-13-12-21-26(17(23)2)34-24(33-21)16-32-19-10-8-18(9-11-19)27(30)31;/h4-13,32H,3,14-16H2,1-2H3,(H3,30,31)(H,33,34);1H. The number of fused-ring (bicyclic) bond motifs is 1. The number of esters is 1. The summed E-state index contributed by atoms with van der Waals surface area (Å²) in [6.45, 7) is 3.94. The molecule has 0 aliphatic heterocycles. The predicted octanol–water partition coefficient (Wildman–Crippen LogP) is 5.29. The number of aromatic nitrogens is 2. The highest BCUT2D eigenvalue weighted by molar-refractivity contribution is 5.95. The molecular formula is C28H30ClFN6O4. The number of rotatable bonds is 10. The minimum absolute atomic E-state index is 0. The molecule has 0 unspecified atom stereocenters. The van der Waals surface area contributed by atoms with Gasteiger partial charge in [0.1, 0.15) is 23.2 Å². The van der Waals surface area contributed by atoms with E-state index in [2.05, 4.69) is 15.3 Å². The molecule has 10 nitrogen and oxygen atoms in total. The molecule has 5 N–H and O–H groups in total. The van der Waals surface area contributed by atoms with E-state index in [1.165, 1.54) is 18.2 Å². The van der Waals surface area contributed by atoms with Crippen LogP contribution in [0.5, 0.6) is 5.75 Å². The minimum atomic E-state index is -0.835. The Bertz CT molecular complexity index is 1510. The number of ether oxygens (including phenoxy) is 2. The number of nitrogens with one attached hydrogen (secondary N) is 3. The zero-order valence-electron chi connectivity index (χ0n) is 22.0. The number of nitrogen functional groups attached to an aromatic ring is 1. The molecule has 0 saturated carbocycles. The molecule has 0 spiro atoms. The van der Waals surface area contributed by atoms with Crippen molar-refractivity contribution in [3.63, 3.8) is 0 Å². The number of anilines is 2. The third-order valence-electron chi connectivity index (χ3n) is 5.97. The smallest absolute Gasteiger partial charge is 0.419 e. The molecule has 1 heterocycles. The predicted molar refractivity (Wildman–Crippen MR) is 154 cm³/mol. The Morgan fingerprint density at radius 2 is 1.85 bits per heavy atom. The maximum atomic E-state index is 14.6. The molecule has 1 aromatic heterocycles. The van der Waals surface area contributed by atoms with Gasteiger partial charge in [-0.1, -0.05) is 12.1 Å². The number of aryl methyl sites for hydroxylation is 1. The van der Waals surface area contributed by atoms with Crippen molar-refractivity contribution in [3.8, 4) is 5.75 Å². The van der Waals surface area contributed by atoms with E-state index in [1.807, 2.05) is 12.1 Å². The Hall–Kier alpha value is -4.64. The Morgan fingerprint density at radius 1 is 1.12 bits per heavy atom. The fourth-order valence-corrected chi connectivity index (χ4v) is 3.96. The van der Waals surface area contributed by atoms with Crippen molar-refractivity contribution in [2.75, 3.05) is 23.4 Å². The van der Waals surface area contributed by atoms with E-state index in [0.717, 1.165) is 16.1 Å². The number of halogens is 2. The molecule has 0 aliphatic rings. The number of hydrogen-bond acceptors (Lipinski definition) is 7. The normalized spacial score (nSPS) is 10.5. The molecule has 0 aliphatic carbocycles.